The number of ether oxygens (including phenoxy) is 1. The molecule has 0 bridgehead atoms. The Morgan fingerprint density at radius 1 is 1.16 bits per heavy atom. The SMILES string of the molecule is Cc1cccn2c(C)c(/C(O)=C3\C(=O)C(=O)N(CCCN(C)C)C3c3cccc(OCCC(C)C)c3)nc12. The largest absolute Gasteiger partial charge is 0.505 e. The van der Waals surface area contributed by atoms with Gasteiger partial charge in [0.25, 0.3) is 11.7 Å². The number of amides is 1. The topological polar surface area (TPSA) is 87.4 Å². The minimum Gasteiger partial charge on any atom is -0.505 e. The lowest BCUT2D eigenvalue weighted by molar-refractivity contribution is -0.139. The molecule has 1 aliphatic rings. The smallest absolute Gasteiger partial charge is 0.295 e. The lowest BCUT2D eigenvalue weighted by atomic mass is 9.96. The highest BCUT2D eigenvalue weighted by Crippen LogP contribution is 2.40. The van der Waals surface area contributed by atoms with Crippen molar-refractivity contribution in [3.63, 3.8) is 0 Å². The van der Waals surface area contributed by atoms with E-state index in [1.54, 1.807) is 4.90 Å². The van der Waals surface area contributed by atoms with E-state index in [2.05, 4.69) is 18.8 Å². The van der Waals surface area contributed by atoms with Crippen LogP contribution in [0.2, 0.25) is 0 Å². The summed E-state index contributed by atoms with van der Waals surface area (Å²) in [5.74, 6) is -0.383. The number of aliphatic hydroxyl groups is 1. The molecule has 8 nitrogen and oxygen atoms in total. The average Bonchev–Trinajstić information content (AvgIpc) is 3.34. The highest BCUT2D eigenvalue weighted by Gasteiger charge is 2.46. The molecular weight excluding hydrogens is 480 g/mol. The quantitative estimate of drug-likeness (QED) is 0.237. The van der Waals surface area contributed by atoms with Crippen molar-refractivity contribution in [2.75, 3.05) is 33.8 Å². The highest BCUT2D eigenvalue weighted by molar-refractivity contribution is 6.46. The van der Waals surface area contributed by atoms with Gasteiger partial charge in [-0.3, -0.25) is 9.59 Å². The zero-order valence-corrected chi connectivity index (χ0v) is 23.2. The molecule has 1 aliphatic heterocycles. The zero-order valence-electron chi connectivity index (χ0n) is 23.2. The first-order valence-corrected chi connectivity index (χ1v) is 13.2. The van der Waals surface area contributed by atoms with Crippen molar-refractivity contribution in [2.24, 2.45) is 5.92 Å². The molecule has 1 atom stereocenters. The third-order valence-corrected chi connectivity index (χ3v) is 6.99. The monoisotopic (exact) mass is 518 g/mol. The summed E-state index contributed by atoms with van der Waals surface area (Å²) in [5.41, 5.74) is 3.42. The van der Waals surface area contributed by atoms with Crippen LogP contribution in [-0.2, 0) is 9.59 Å². The van der Waals surface area contributed by atoms with E-state index in [4.69, 9.17) is 4.74 Å². The summed E-state index contributed by atoms with van der Waals surface area (Å²) in [7, 11) is 3.94. The van der Waals surface area contributed by atoms with Gasteiger partial charge in [0.05, 0.1) is 23.9 Å². The van der Waals surface area contributed by atoms with Crippen molar-refractivity contribution >= 4 is 23.1 Å². The molecule has 38 heavy (non-hydrogen) atoms. The van der Waals surface area contributed by atoms with E-state index in [0.29, 0.717) is 48.3 Å². The number of carbonyl (C=O) groups is 2. The molecule has 0 radical (unpaired) electrons. The van der Waals surface area contributed by atoms with Gasteiger partial charge in [-0.1, -0.05) is 32.0 Å². The van der Waals surface area contributed by atoms with E-state index in [-0.39, 0.29) is 11.3 Å². The third-order valence-electron chi connectivity index (χ3n) is 6.99. The normalized spacial score (nSPS) is 17.4. The van der Waals surface area contributed by atoms with Crippen molar-refractivity contribution < 1.29 is 19.4 Å². The Balaban J connectivity index is 1.81. The number of aryl methyl sites for hydroxylation is 2. The number of hydrogen-bond acceptors (Lipinski definition) is 6. The van der Waals surface area contributed by atoms with Gasteiger partial charge < -0.3 is 24.0 Å². The molecule has 1 N–H and O–H groups in total. The van der Waals surface area contributed by atoms with Gasteiger partial charge >= 0.3 is 0 Å². The van der Waals surface area contributed by atoms with Gasteiger partial charge in [-0.2, -0.15) is 0 Å². The Labute approximate surface area is 224 Å². The lowest BCUT2D eigenvalue weighted by Crippen LogP contribution is -2.32. The van der Waals surface area contributed by atoms with Crippen molar-refractivity contribution in [1.29, 1.82) is 0 Å². The average molecular weight is 519 g/mol. The van der Waals surface area contributed by atoms with Crippen LogP contribution >= 0.6 is 0 Å². The second-order valence-electron chi connectivity index (χ2n) is 10.7. The summed E-state index contributed by atoms with van der Waals surface area (Å²) in [5, 5.41) is 11.6. The summed E-state index contributed by atoms with van der Waals surface area (Å²) >= 11 is 0. The molecular formula is C30H38N4O4. The summed E-state index contributed by atoms with van der Waals surface area (Å²) in [6, 6.07) is 10.6. The van der Waals surface area contributed by atoms with Gasteiger partial charge in [-0.15, -0.1) is 0 Å². The Bertz CT molecular complexity index is 1370. The molecule has 8 heteroatoms. The van der Waals surface area contributed by atoms with E-state index in [0.717, 1.165) is 24.1 Å². The first-order chi connectivity index (χ1) is 18.1. The van der Waals surface area contributed by atoms with E-state index in [9.17, 15) is 14.7 Å². The van der Waals surface area contributed by atoms with Gasteiger partial charge in [0, 0.05) is 12.7 Å². The number of rotatable bonds is 10. The number of Topliss-reactive ketones (excluding diaryl/α,β-unsaturated/α-hetero) is 1. The fourth-order valence-electron chi connectivity index (χ4n) is 4.88. The lowest BCUT2D eigenvalue weighted by Gasteiger charge is -2.26. The highest BCUT2D eigenvalue weighted by atomic mass is 16.5. The number of hydrogen-bond donors (Lipinski definition) is 1. The molecule has 1 amide bonds. The van der Waals surface area contributed by atoms with Crippen LogP contribution in [0.5, 0.6) is 5.75 Å². The van der Waals surface area contributed by atoms with E-state index < -0.39 is 17.7 Å². The molecule has 1 saturated heterocycles. The van der Waals surface area contributed by atoms with Crippen LogP contribution in [-0.4, -0.2) is 69.8 Å². The van der Waals surface area contributed by atoms with E-state index in [1.807, 2.05) is 79.8 Å². The van der Waals surface area contributed by atoms with Crippen LogP contribution in [0.15, 0.2) is 48.2 Å². The number of imidazole rings is 1. The predicted molar refractivity (Wildman–Crippen MR) is 148 cm³/mol. The molecule has 0 saturated carbocycles. The van der Waals surface area contributed by atoms with Gasteiger partial charge in [0.2, 0.25) is 0 Å². The maximum Gasteiger partial charge on any atom is 0.295 e. The first-order valence-electron chi connectivity index (χ1n) is 13.2. The van der Waals surface area contributed by atoms with E-state index >= 15 is 0 Å². The Morgan fingerprint density at radius 2 is 1.92 bits per heavy atom. The predicted octanol–water partition coefficient (Wildman–Crippen LogP) is 4.75. The molecule has 1 aromatic carbocycles. The van der Waals surface area contributed by atoms with Crippen LogP contribution in [0.4, 0.5) is 0 Å². The molecule has 3 aromatic rings. The first kappa shape index (κ1) is 27.4. The number of nitrogens with zero attached hydrogens (tertiary/aromatic N) is 4. The van der Waals surface area contributed by atoms with Crippen LogP contribution < -0.4 is 4.74 Å². The molecule has 4 rings (SSSR count). The standard InChI is InChI=1S/C30H38N4O4/c1-19(2)13-17-38-23-12-7-11-22(18-23)26-24(28(36)30(37)34(26)16-9-14-32(5)6)27(35)25-21(4)33-15-8-10-20(3)29(33)31-25/h7-8,10-12,15,18-19,26,35H,9,13-14,16-17H2,1-6H3/b27-24+. The van der Waals surface area contributed by atoms with Gasteiger partial charge in [-0.05, 0) is 82.6 Å². The molecule has 3 heterocycles. The number of aromatic nitrogens is 2. The third kappa shape index (κ3) is 5.45. The molecule has 2 aromatic heterocycles. The Morgan fingerprint density at radius 3 is 2.61 bits per heavy atom. The van der Waals surface area contributed by atoms with Gasteiger partial charge in [0.1, 0.15) is 17.1 Å². The Hall–Kier alpha value is -3.65. The molecule has 202 valence electrons. The minimum absolute atomic E-state index is 0.0587. The number of fused-ring (bicyclic) bond motifs is 1. The number of pyridine rings is 1. The maximum absolute atomic E-state index is 13.5. The summed E-state index contributed by atoms with van der Waals surface area (Å²) in [6.45, 7) is 9.79. The van der Waals surface area contributed by atoms with E-state index in [1.165, 1.54) is 0 Å². The van der Waals surface area contributed by atoms with Crippen molar-refractivity contribution in [3.05, 3.63) is 70.7 Å². The second kappa shape index (κ2) is 11.4. The summed E-state index contributed by atoms with van der Waals surface area (Å²) in [4.78, 5) is 35.0. The van der Waals surface area contributed by atoms with Crippen molar-refractivity contribution in [1.82, 2.24) is 19.2 Å². The molecule has 0 aliphatic carbocycles. The number of benzene rings is 1. The Kier molecular flexibility index (Phi) is 8.21. The van der Waals surface area contributed by atoms with Crippen LogP contribution in [0.1, 0.15) is 55.2 Å². The molecule has 1 fully saturated rings. The zero-order chi connectivity index (χ0) is 27.6. The number of carbonyl (C=O) groups excluding carboxylic acids is 2. The summed E-state index contributed by atoms with van der Waals surface area (Å²) < 4.78 is 7.87. The van der Waals surface area contributed by atoms with Gasteiger partial charge in [-0.25, -0.2) is 4.98 Å². The van der Waals surface area contributed by atoms with Gasteiger partial charge in [0.15, 0.2) is 5.76 Å². The molecule has 1 unspecified atom stereocenters. The number of ketones is 1. The fourth-order valence-corrected chi connectivity index (χ4v) is 4.88. The summed E-state index contributed by atoms with van der Waals surface area (Å²) in [6.07, 6.45) is 3.48. The fraction of sp³-hybridized carbons (Fsp3) is 0.433. The van der Waals surface area contributed by atoms with Crippen LogP contribution in [0.25, 0.3) is 11.4 Å². The van der Waals surface area contributed by atoms with Crippen molar-refractivity contribution in [3.8, 4) is 5.75 Å². The second-order valence-corrected chi connectivity index (χ2v) is 10.7. The van der Waals surface area contributed by atoms with Crippen LogP contribution in [0.3, 0.4) is 0 Å². The van der Waals surface area contributed by atoms with Crippen molar-refractivity contribution in [2.45, 2.75) is 46.6 Å². The number of likely N-dealkylation sites (tertiary alicyclic amines) is 1. The maximum atomic E-state index is 13.5. The van der Waals surface area contributed by atoms with Crippen LogP contribution in [0, 0.1) is 19.8 Å². The minimum atomic E-state index is -0.740. The number of aliphatic hydroxyl groups excluding tert-OH is 1. The molecule has 0 spiro atoms.